The fraction of sp³-hybridized carbons (Fsp3) is 0.775. The predicted molar refractivity (Wildman–Crippen MR) is 463 cm³/mol. The molecule has 36 atom stereocenters. The van der Waals surface area contributed by atoms with Gasteiger partial charge in [0.05, 0.1) is 48.5 Å². The van der Waals surface area contributed by atoms with Gasteiger partial charge in [0.1, 0.15) is 91.6 Å². The summed E-state index contributed by atoms with van der Waals surface area (Å²) >= 11 is 0. The van der Waals surface area contributed by atoms with Crippen LogP contribution in [0.5, 0.6) is 0 Å². The molecule has 7 rings (SSSR count). The van der Waals surface area contributed by atoms with Crippen molar-refractivity contribution in [1.29, 1.82) is 0 Å². The first-order valence-corrected chi connectivity index (χ1v) is 45.4. The van der Waals surface area contributed by atoms with Crippen LogP contribution in [0, 0.1) is 50.2 Å². The fourth-order valence-corrected chi connectivity index (χ4v) is 20.4. The number of ether oxygens (including phenoxy) is 11. The third-order valence-corrected chi connectivity index (χ3v) is 28.4. The molecule has 0 aromatic carbocycles. The van der Waals surface area contributed by atoms with Crippen LogP contribution in [-0.2, 0) is 80.9 Å². The highest BCUT2D eigenvalue weighted by Gasteiger charge is 2.73. The summed E-state index contributed by atoms with van der Waals surface area (Å²) in [6, 6.07) is 0. The van der Waals surface area contributed by atoms with Crippen LogP contribution in [0.15, 0.2) is 81.4 Å². The minimum absolute atomic E-state index is 0.0701. The van der Waals surface area contributed by atoms with Gasteiger partial charge in [-0.15, -0.1) is 0 Å². The smallest absolute Gasteiger partial charge is 0.318 e. The summed E-state index contributed by atoms with van der Waals surface area (Å²) in [5.74, 6) is -24.8. The van der Waals surface area contributed by atoms with Gasteiger partial charge in [0.15, 0.2) is 71.0 Å². The van der Waals surface area contributed by atoms with Crippen LogP contribution < -0.4 is 5.32 Å². The topological polar surface area (TPSA) is 826 Å². The summed E-state index contributed by atoms with van der Waals surface area (Å²) in [6.07, 6.45) is -61.9. The predicted octanol–water partition coefficient (Wildman–Crippen LogP) is -3.38. The molecule has 1 saturated heterocycles. The van der Waals surface area contributed by atoms with Gasteiger partial charge in [0.25, 0.3) is 30.2 Å². The maximum atomic E-state index is 16.6. The van der Waals surface area contributed by atoms with Gasteiger partial charge in [0.2, 0.25) is 36.3 Å². The Morgan fingerprint density at radius 2 is 1.17 bits per heavy atom. The molecule has 2 heterocycles. The molecule has 138 heavy (non-hydrogen) atoms. The second-order valence-corrected chi connectivity index (χ2v) is 38.1. The van der Waals surface area contributed by atoms with E-state index in [1.54, 1.807) is 0 Å². The lowest BCUT2D eigenvalue weighted by Crippen LogP contribution is -2.69. The molecule has 5 fully saturated rings. The third-order valence-electron chi connectivity index (χ3n) is 28.4. The van der Waals surface area contributed by atoms with E-state index in [4.69, 9.17) is 52.1 Å². The third kappa shape index (κ3) is 25.0. The van der Waals surface area contributed by atoms with Crippen molar-refractivity contribution in [2.45, 2.75) is 352 Å². The molecule has 0 aromatic rings. The molecule has 0 spiro atoms. The van der Waals surface area contributed by atoms with E-state index in [1.807, 2.05) is 40.7 Å². The number of nitrogens with zero attached hydrogens (tertiary/aromatic N) is 1. The van der Waals surface area contributed by atoms with E-state index in [1.165, 1.54) is 20.8 Å². The quantitative estimate of drug-likeness (QED) is 0.00706. The summed E-state index contributed by atoms with van der Waals surface area (Å²) in [5, 5.41) is 336. The molecule has 49 heteroatoms. The monoisotopic (exact) mass is 1990 g/mol. The van der Waals surface area contributed by atoms with Gasteiger partial charge in [-0.05, 0) is 138 Å². The summed E-state index contributed by atoms with van der Waals surface area (Å²) in [4.78, 5) is 82.5. The number of nitrogens with one attached hydrogen (secondary N) is 1. The number of amides is 3. The van der Waals surface area contributed by atoms with Gasteiger partial charge in [-0.25, -0.2) is 0 Å². The molecule has 0 radical (unpaired) electrons. The Morgan fingerprint density at radius 1 is 0.609 bits per heavy atom. The van der Waals surface area contributed by atoms with Gasteiger partial charge >= 0.3 is 11.9 Å². The van der Waals surface area contributed by atoms with Gasteiger partial charge < -0.3 is 215 Å². The number of hydrogen-bond donors (Lipinski definition) is 31. The number of esters is 2. The molecule has 5 aliphatic carbocycles. The number of rotatable bonds is 50. The van der Waals surface area contributed by atoms with E-state index in [0.717, 1.165) is 51.7 Å². The molecule has 7 aliphatic rings. The van der Waals surface area contributed by atoms with E-state index in [9.17, 15) is 177 Å². The SMILES string of the molecule is CCC(OC(C)=O)/C(OC(O)/C(O)=C(\O)C(C)O)=C(/O)C(O)OC(CC)C(O)C(CO)(OC(=O)[C@]12CCC(C)(C)CC1C1=CCC3[C@@]4(C)CC[C@H](OC(O)C(OC(O)/C(O)=C(\O)C(O)CCO)C(OC(O)C(O)C(O)C(C)O)C(O)CC(=O)NCCN5C(=O)C=CC5=O)[C@@](C)(C=O)C4CC[C@@]3(C)[C@]1(C)C[C@H]2O)OC1OC(C)C(OC(O)/C(O)=C(/OC(O)/C(O)=C(/O)C(O)CCO)C(C)O)C(O)C1O. The van der Waals surface area contributed by atoms with E-state index >= 15 is 4.79 Å². The summed E-state index contributed by atoms with van der Waals surface area (Å²) in [5.41, 5.74) is -7.15. The molecule has 4 saturated carbocycles. The highest BCUT2D eigenvalue weighted by molar-refractivity contribution is 6.12. The first-order chi connectivity index (χ1) is 64.1. The molecule has 29 unspecified atom stereocenters. The minimum Gasteiger partial charge on any atom is -0.506 e. The lowest BCUT2D eigenvalue weighted by atomic mass is 9.33. The summed E-state index contributed by atoms with van der Waals surface area (Å²) < 4.78 is 63.5. The van der Waals surface area contributed by atoms with E-state index < -0.39 is 368 Å². The molecule has 790 valence electrons. The maximum Gasteiger partial charge on any atom is 0.318 e. The molecule has 31 N–H and O–H groups in total. The minimum atomic E-state index is -3.50. The number of hydrogen-bond acceptors (Lipinski definition) is 47. The lowest BCUT2D eigenvalue weighted by Gasteiger charge is -2.71. The number of aldehydes is 1. The van der Waals surface area contributed by atoms with Gasteiger partial charge in [-0.1, -0.05) is 67.0 Å². The van der Waals surface area contributed by atoms with E-state index in [0.29, 0.717) is 11.9 Å². The van der Waals surface area contributed by atoms with Crippen molar-refractivity contribution in [3.05, 3.63) is 81.4 Å². The molecule has 0 bridgehead atoms. The van der Waals surface area contributed by atoms with Crippen molar-refractivity contribution in [3.63, 3.8) is 0 Å². The first kappa shape index (κ1) is 117. The molecule has 49 nitrogen and oxygen atoms in total. The van der Waals surface area contributed by atoms with Crippen LogP contribution in [0.1, 0.15) is 180 Å². The second kappa shape index (κ2) is 48.1. The number of aliphatic hydroxyl groups excluding tert-OH is 30. The highest BCUT2D eigenvalue weighted by Crippen LogP contribution is 2.76. The average molecular weight is 1990 g/mol. The number of allylic oxidation sites excluding steroid dienone is 2. The van der Waals surface area contributed by atoms with Crippen molar-refractivity contribution in [2.24, 2.45) is 50.2 Å². The van der Waals surface area contributed by atoms with Gasteiger partial charge in [-0.3, -0.25) is 28.9 Å². The van der Waals surface area contributed by atoms with Crippen molar-refractivity contribution < 1.29 is 234 Å². The van der Waals surface area contributed by atoms with Crippen molar-refractivity contribution in [3.8, 4) is 0 Å². The van der Waals surface area contributed by atoms with Gasteiger partial charge in [0, 0.05) is 58.2 Å². The Kier molecular flexibility index (Phi) is 40.8. The van der Waals surface area contributed by atoms with Crippen LogP contribution in [0.25, 0.3) is 0 Å². The normalized spacial score (nSPS) is 32.8. The van der Waals surface area contributed by atoms with Crippen LogP contribution in [0.2, 0.25) is 0 Å². The van der Waals surface area contributed by atoms with E-state index in [-0.39, 0.29) is 64.2 Å². The lowest BCUT2D eigenvalue weighted by molar-refractivity contribution is -0.396. The van der Waals surface area contributed by atoms with Crippen LogP contribution in [0.3, 0.4) is 0 Å². The Morgan fingerprint density at radius 3 is 1.70 bits per heavy atom. The van der Waals surface area contributed by atoms with E-state index in [2.05, 4.69) is 5.32 Å². The zero-order valence-corrected chi connectivity index (χ0v) is 78.9. The van der Waals surface area contributed by atoms with Crippen LogP contribution in [0.4, 0.5) is 0 Å². The molecule has 3 amide bonds. The summed E-state index contributed by atoms with van der Waals surface area (Å²) in [6.45, 7) is 14.4. The second-order valence-electron chi connectivity index (χ2n) is 38.1. The Bertz CT molecular complexity index is 4350. The zero-order valence-electron chi connectivity index (χ0n) is 78.9. The number of imide groups is 1. The van der Waals surface area contributed by atoms with Crippen molar-refractivity contribution in [2.75, 3.05) is 32.9 Å². The molecule has 0 aromatic heterocycles. The number of carbonyl (C=O) groups excluding carboxylic acids is 6. The summed E-state index contributed by atoms with van der Waals surface area (Å²) in [7, 11) is 0. The molecule has 2 aliphatic heterocycles. The fourth-order valence-electron chi connectivity index (χ4n) is 20.4. The molecular formula is C89H142N2O47. The van der Waals surface area contributed by atoms with Crippen molar-refractivity contribution >= 4 is 35.9 Å². The maximum absolute atomic E-state index is 16.6. The Labute approximate surface area is 793 Å². The highest BCUT2D eigenvalue weighted by atomic mass is 16.8. The van der Waals surface area contributed by atoms with Crippen LogP contribution in [-0.4, -0.2) is 399 Å². The Hall–Kier alpha value is -7.76. The first-order valence-electron chi connectivity index (χ1n) is 45.4. The number of carbonyl (C=O) groups is 6. The number of fused-ring (bicyclic) bond motifs is 7. The standard InChI is InChI=1S/C89H142N2O47/c1-14-47(129-41(7)99)71(135-75(121)62(113)57(108)38(4)97)67(118)78(124)130-48(15-2)73(119)89(36-95,137-81-65(116)60(111)69(40(6)128-81)133-79(125)66(117)68(39(5)98)132-76(122)63(114)58(109)44(100)22-30-92)138-82(127)88-27-26-83(8,9)33-43(88)42-16-17-50-84(10)24-21-52(85(11,35-94)49(84)20-25-86(50,12)87(42,13)34-51(88)103)131-80(126)72(136-77(123)64(115)59(110)45(101)23-31-93)70(134-74(120)61(112)56(107)37(3)96)46(102)32-53(104)90-28-29-91-54(105)18-19-55(91)106/h16,18-19,35,37-40,43-52,56,60-61,65,69-70,72-81,92-93,95-98,100-103,107-126H,14-15,17,20-34,36H2,1-13H3,(H,90,104)/b62-57+,63-58-,64-59+,68-66-,71-67-/t37?,38?,39?,40?,43?,44?,45?,46?,47?,48?,49?,50?,51-,52+,56?,60?,61?,65?,69?,70?,72?,73?,74?,75?,76?,77?,78?,79?,80?,81?,84+,85+,86-,87-,88-,89?/m1/s1. The van der Waals surface area contributed by atoms with Crippen molar-refractivity contribution in [1.82, 2.24) is 10.2 Å². The number of aliphatic hydroxyl groups is 30. The van der Waals surface area contributed by atoms with Crippen LogP contribution >= 0.6 is 0 Å². The zero-order chi connectivity index (χ0) is 104. The largest absolute Gasteiger partial charge is 0.506 e. The Balaban J connectivity index is 1.31. The van der Waals surface area contributed by atoms with Gasteiger partial charge in [-0.2, -0.15) is 0 Å². The molecular weight excluding hydrogens is 1850 g/mol. The average Bonchev–Trinajstić information content (AvgIpc) is 0.686.